The van der Waals surface area contributed by atoms with Gasteiger partial charge in [0.2, 0.25) is 0 Å². The van der Waals surface area contributed by atoms with Gasteiger partial charge in [-0.3, -0.25) is 0 Å². The topological polar surface area (TPSA) is 48.4 Å². The van der Waals surface area contributed by atoms with Crippen molar-refractivity contribution >= 4 is 0 Å². The fourth-order valence-electron chi connectivity index (χ4n) is 1.58. The molecule has 3 heteroatoms. The van der Waals surface area contributed by atoms with Gasteiger partial charge in [-0.25, -0.2) is 0 Å². The van der Waals surface area contributed by atoms with Gasteiger partial charge in [-0.1, -0.05) is 17.7 Å². The molecule has 1 aromatic heterocycles. The van der Waals surface area contributed by atoms with Crippen LogP contribution in [0.1, 0.15) is 11.3 Å². The fraction of sp³-hybridized carbons (Fsp3) is 0.286. The second-order valence-corrected chi connectivity index (χ2v) is 4.17. The molecule has 1 heterocycles. The van der Waals surface area contributed by atoms with Crippen molar-refractivity contribution in [1.82, 2.24) is 0 Å². The first-order valence-corrected chi connectivity index (χ1v) is 5.71. The maximum atomic E-state index is 5.96. The van der Waals surface area contributed by atoms with Crippen molar-refractivity contribution in [3.05, 3.63) is 54.0 Å². The summed E-state index contributed by atoms with van der Waals surface area (Å²) in [5.74, 6) is 1.75. The van der Waals surface area contributed by atoms with Crippen LogP contribution >= 0.6 is 0 Å². The van der Waals surface area contributed by atoms with Crippen LogP contribution in [0.15, 0.2) is 47.1 Å². The molecule has 17 heavy (non-hydrogen) atoms. The van der Waals surface area contributed by atoms with E-state index in [2.05, 4.69) is 0 Å². The molecule has 1 unspecified atom stereocenters. The quantitative estimate of drug-likeness (QED) is 0.860. The molecular formula is C14H17NO2. The first-order valence-electron chi connectivity index (χ1n) is 5.71. The van der Waals surface area contributed by atoms with Gasteiger partial charge in [0.25, 0.3) is 0 Å². The molecule has 0 amide bonds. The number of rotatable bonds is 5. The lowest BCUT2D eigenvalue weighted by molar-refractivity contribution is 0.282. The minimum absolute atomic E-state index is 0.0533. The lowest BCUT2D eigenvalue weighted by Gasteiger charge is -2.12. The summed E-state index contributed by atoms with van der Waals surface area (Å²) >= 11 is 0. The van der Waals surface area contributed by atoms with Gasteiger partial charge in [0, 0.05) is 12.5 Å². The van der Waals surface area contributed by atoms with Crippen LogP contribution in [-0.4, -0.2) is 12.6 Å². The molecule has 0 aliphatic rings. The van der Waals surface area contributed by atoms with Crippen LogP contribution in [0.4, 0.5) is 0 Å². The summed E-state index contributed by atoms with van der Waals surface area (Å²) in [5, 5.41) is 0. The Bertz CT molecular complexity index is 434. The summed E-state index contributed by atoms with van der Waals surface area (Å²) in [6.07, 6.45) is 2.35. The molecule has 90 valence electrons. The van der Waals surface area contributed by atoms with Crippen LogP contribution in [0, 0.1) is 6.92 Å². The molecule has 2 rings (SSSR count). The minimum Gasteiger partial charge on any atom is -0.492 e. The zero-order chi connectivity index (χ0) is 12.1. The van der Waals surface area contributed by atoms with Crippen LogP contribution in [0.25, 0.3) is 0 Å². The molecule has 0 spiro atoms. The summed E-state index contributed by atoms with van der Waals surface area (Å²) in [4.78, 5) is 0. The van der Waals surface area contributed by atoms with Crippen molar-refractivity contribution in [3.63, 3.8) is 0 Å². The van der Waals surface area contributed by atoms with Gasteiger partial charge in [0.05, 0.1) is 6.26 Å². The van der Waals surface area contributed by atoms with Gasteiger partial charge in [-0.15, -0.1) is 0 Å². The summed E-state index contributed by atoms with van der Waals surface area (Å²) in [6.45, 7) is 2.54. The first-order chi connectivity index (χ1) is 8.24. The number of ether oxygens (including phenoxy) is 1. The maximum Gasteiger partial charge on any atom is 0.119 e. The molecule has 2 N–H and O–H groups in total. The van der Waals surface area contributed by atoms with E-state index in [4.69, 9.17) is 14.9 Å². The lowest BCUT2D eigenvalue weighted by atomic mass is 10.2. The van der Waals surface area contributed by atoms with Crippen molar-refractivity contribution in [2.45, 2.75) is 19.4 Å². The Morgan fingerprint density at radius 1 is 1.24 bits per heavy atom. The van der Waals surface area contributed by atoms with Crippen LogP contribution in [-0.2, 0) is 6.42 Å². The molecule has 0 aliphatic carbocycles. The highest BCUT2D eigenvalue weighted by Gasteiger charge is 2.07. The normalized spacial score (nSPS) is 12.4. The Labute approximate surface area is 101 Å². The van der Waals surface area contributed by atoms with Crippen LogP contribution in [0.3, 0.4) is 0 Å². The second kappa shape index (κ2) is 5.55. The summed E-state index contributed by atoms with van der Waals surface area (Å²) in [5.41, 5.74) is 7.18. The zero-order valence-electron chi connectivity index (χ0n) is 9.93. The molecular weight excluding hydrogens is 214 g/mol. The number of hydrogen-bond donors (Lipinski definition) is 1. The van der Waals surface area contributed by atoms with Crippen LogP contribution in [0.2, 0.25) is 0 Å². The molecule has 1 aromatic carbocycles. The van der Waals surface area contributed by atoms with E-state index in [0.29, 0.717) is 13.0 Å². The summed E-state index contributed by atoms with van der Waals surface area (Å²) < 4.78 is 10.8. The Balaban J connectivity index is 1.79. The summed E-state index contributed by atoms with van der Waals surface area (Å²) in [6, 6.07) is 11.7. The largest absolute Gasteiger partial charge is 0.492 e. The third kappa shape index (κ3) is 3.64. The van der Waals surface area contributed by atoms with Crippen molar-refractivity contribution in [2.75, 3.05) is 6.61 Å². The van der Waals surface area contributed by atoms with E-state index >= 15 is 0 Å². The molecule has 0 radical (unpaired) electrons. The number of hydrogen-bond acceptors (Lipinski definition) is 3. The van der Waals surface area contributed by atoms with E-state index in [-0.39, 0.29) is 6.04 Å². The highest BCUT2D eigenvalue weighted by atomic mass is 16.5. The Hall–Kier alpha value is -1.74. The Kier molecular flexibility index (Phi) is 3.83. The molecule has 0 saturated carbocycles. The van der Waals surface area contributed by atoms with Crippen molar-refractivity contribution in [3.8, 4) is 5.75 Å². The fourth-order valence-corrected chi connectivity index (χ4v) is 1.58. The number of benzene rings is 1. The third-order valence-corrected chi connectivity index (χ3v) is 2.53. The van der Waals surface area contributed by atoms with Crippen molar-refractivity contribution in [2.24, 2.45) is 5.73 Å². The van der Waals surface area contributed by atoms with E-state index in [1.807, 2.05) is 43.3 Å². The average Bonchev–Trinajstić information content (AvgIpc) is 2.81. The molecule has 1 atom stereocenters. The molecule has 3 nitrogen and oxygen atoms in total. The molecule has 0 fully saturated rings. The van der Waals surface area contributed by atoms with E-state index in [1.165, 1.54) is 5.56 Å². The monoisotopic (exact) mass is 231 g/mol. The number of furan rings is 1. The Morgan fingerprint density at radius 2 is 2.00 bits per heavy atom. The first kappa shape index (κ1) is 11.7. The van der Waals surface area contributed by atoms with E-state index in [1.54, 1.807) is 6.26 Å². The van der Waals surface area contributed by atoms with E-state index in [9.17, 15) is 0 Å². The minimum atomic E-state index is -0.0533. The Morgan fingerprint density at radius 3 is 2.65 bits per heavy atom. The smallest absolute Gasteiger partial charge is 0.119 e. The molecule has 0 saturated heterocycles. The zero-order valence-corrected chi connectivity index (χ0v) is 9.93. The molecule has 0 aliphatic heterocycles. The van der Waals surface area contributed by atoms with E-state index < -0.39 is 0 Å². The summed E-state index contributed by atoms with van der Waals surface area (Å²) in [7, 11) is 0. The predicted molar refractivity (Wildman–Crippen MR) is 67.1 cm³/mol. The molecule has 2 aromatic rings. The van der Waals surface area contributed by atoms with Crippen molar-refractivity contribution in [1.29, 1.82) is 0 Å². The third-order valence-electron chi connectivity index (χ3n) is 2.53. The second-order valence-electron chi connectivity index (χ2n) is 4.17. The van der Waals surface area contributed by atoms with Gasteiger partial charge in [-0.2, -0.15) is 0 Å². The SMILES string of the molecule is Cc1ccc(OCC(N)Cc2ccco2)cc1. The van der Waals surface area contributed by atoms with Gasteiger partial charge in [0.1, 0.15) is 18.1 Å². The standard InChI is InChI=1S/C14H17NO2/c1-11-4-6-13(7-5-11)17-10-12(15)9-14-3-2-8-16-14/h2-8,12H,9-10,15H2,1H3. The van der Waals surface area contributed by atoms with Gasteiger partial charge in [0.15, 0.2) is 0 Å². The van der Waals surface area contributed by atoms with Crippen LogP contribution in [0.5, 0.6) is 5.75 Å². The van der Waals surface area contributed by atoms with E-state index in [0.717, 1.165) is 11.5 Å². The van der Waals surface area contributed by atoms with Crippen LogP contribution < -0.4 is 10.5 Å². The highest BCUT2D eigenvalue weighted by Crippen LogP contribution is 2.12. The van der Waals surface area contributed by atoms with Gasteiger partial charge in [-0.05, 0) is 31.2 Å². The molecule has 0 bridgehead atoms. The number of nitrogens with two attached hydrogens (primary N) is 1. The number of aryl methyl sites for hydroxylation is 1. The van der Waals surface area contributed by atoms with Crippen molar-refractivity contribution < 1.29 is 9.15 Å². The average molecular weight is 231 g/mol. The highest BCUT2D eigenvalue weighted by molar-refractivity contribution is 5.26. The maximum absolute atomic E-state index is 5.96. The van der Waals surface area contributed by atoms with Gasteiger partial charge >= 0.3 is 0 Å². The lowest BCUT2D eigenvalue weighted by Crippen LogP contribution is -2.29. The van der Waals surface area contributed by atoms with Gasteiger partial charge < -0.3 is 14.9 Å². The predicted octanol–water partition coefficient (Wildman–Crippen LogP) is 2.54.